The molecule has 1 amide bonds. The van der Waals surface area contributed by atoms with Gasteiger partial charge < -0.3 is 10.2 Å². The second-order valence-corrected chi connectivity index (χ2v) is 5.44. The number of hydrogen-bond acceptors (Lipinski definition) is 2. The minimum absolute atomic E-state index is 0.316. The van der Waals surface area contributed by atoms with Crippen molar-refractivity contribution in [2.24, 2.45) is 5.92 Å². The number of carbonyl (C=O) groups excluding carboxylic acids is 1. The summed E-state index contributed by atoms with van der Waals surface area (Å²) in [5, 5.41) is 3.38. The first-order valence-corrected chi connectivity index (χ1v) is 6.73. The van der Waals surface area contributed by atoms with Gasteiger partial charge in [-0.2, -0.15) is 0 Å². The first-order valence-electron chi connectivity index (χ1n) is 6.73. The molecule has 0 aromatic carbocycles. The smallest absolute Gasteiger partial charge is 0.226 e. The largest absolute Gasteiger partial charge is 0.334 e. The molecule has 1 aliphatic carbocycles. The number of nitrogens with zero attached hydrogens (tertiary/aromatic N) is 1. The third-order valence-electron chi connectivity index (χ3n) is 4.04. The van der Waals surface area contributed by atoms with Crippen LogP contribution in [0.15, 0.2) is 0 Å². The van der Waals surface area contributed by atoms with Crippen LogP contribution < -0.4 is 5.32 Å². The summed E-state index contributed by atoms with van der Waals surface area (Å²) in [4.78, 5) is 14.6. The van der Waals surface area contributed by atoms with Gasteiger partial charge in [0.05, 0.1) is 0 Å². The van der Waals surface area contributed by atoms with Crippen LogP contribution in [0.2, 0.25) is 0 Å². The lowest BCUT2D eigenvalue weighted by Crippen LogP contribution is -2.58. The quantitative estimate of drug-likeness (QED) is 0.736. The average molecular weight is 224 g/mol. The molecule has 0 radical (unpaired) electrons. The van der Waals surface area contributed by atoms with E-state index in [4.69, 9.17) is 0 Å². The zero-order valence-corrected chi connectivity index (χ0v) is 10.5. The zero-order chi connectivity index (χ0) is 11.5. The Morgan fingerprint density at radius 1 is 1.06 bits per heavy atom. The van der Waals surface area contributed by atoms with Crippen molar-refractivity contribution in [2.45, 2.75) is 58.0 Å². The van der Waals surface area contributed by atoms with Crippen molar-refractivity contribution < 1.29 is 4.79 Å². The summed E-state index contributed by atoms with van der Waals surface area (Å²) in [6.45, 7) is 6.21. The van der Waals surface area contributed by atoms with E-state index >= 15 is 0 Å². The molecule has 92 valence electrons. The second-order valence-electron chi connectivity index (χ2n) is 5.44. The topological polar surface area (TPSA) is 32.3 Å². The number of carbonyl (C=O) groups is 1. The molecule has 1 aliphatic heterocycles. The van der Waals surface area contributed by atoms with Crippen LogP contribution in [0.5, 0.6) is 0 Å². The molecule has 16 heavy (non-hydrogen) atoms. The van der Waals surface area contributed by atoms with Gasteiger partial charge in [0.15, 0.2) is 0 Å². The van der Waals surface area contributed by atoms with E-state index in [1.54, 1.807) is 0 Å². The van der Waals surface area contributed by atoms with Gasteiger partial charge in [-0.3, -0.25) is 4.79 Å². The predicted octanol–water partition coefficient (Wildman–Crippen LogP) is 1.78. The SMILES string of the molecule is C[C@@H]1CNC[C@H](C)N1C(=O)C1CCCCC1. The fraction of sp³-hybridized carbons (Fsp3) is 0.923. The molecule has 1 saturated carbocycles. The molecule has 2 rings (SSSR count). The monoisotopic (exact) mass is 224 g/mol. The van der Waals surface area contributed by atoms with E-state index in [2.05, 4.69) is 24.1 Å². The Bertz CT molecular complexity index is 238. The third-order valence-corrected chi connectivity index (χ3v) is 4.04. The highest BCUT2D eigenvalue weighted by atomic mass is 16.2. The minimum atomic E-state index is 0.316. The number of piperazine rings is 1. The van der Waals surface area contributed by atoms with Gasteiger partial charge in [0, 0.05) is 31.1 Å². The standard InChI is InChI=1S/C13H24N2O/c1-10-8-14-9-11(2)15(10)13(16)12-6-4-3-5-7-12/h10-12,14H,3-9H2,1-2H3/t10-,11+. The molecule has 2 atom stereocenters. The summed E-state index contributed by atoms with van der Waals surface area (Å²) in [6, 6.07) is 0.719. The summed E-state index contributed by atoms with van der Waals surface area (Å²) in [7, 11) is 0. The van der Waals surface area contributed by atoms with E-state index in [0.29, 0.717) is 23.9 Å². The summed E-state index contributed by atoms with van der Waals surface area (Å²) in [6.07, 6.45) is 6.03. The van der Waals surface area contributed by atoms with E-state index in [0.717, 1.165) is 25.9 Å². The highest BCUT2D eigenvalue weighted by Gasteiger charge is 2.33. The minimum Gasteiger partial charge on any atom is -0.334 e. The molecule has 3 nitrogen and oxygen atoms in total. The first kappa shape index (κ1) is 11.9. The molecule has 0 unspecified atom stereocenters. The Morgan fingerprint density at radius 2 is 1.62 bits per heavy atom. The number of rotatable bonds is 1. The highest BCUT2D eigenvalue weighted by molar-refractivity contribution is 5.79. The summed E-state index contributed by atoms with van der Waals surface area (Å²) in [5.41, 5.74) is 0. The molecule has 2 fully saturated rings. The van der Waals surface area contributed by atoms with Gasteiger partial charge in [0.1, 0.15) is 0 Å². The number of hydrogen-bond donors (Lipinski definition) is 1. The molecular weight excluding hydrogens is 200 g/mol. The van der Waals surface area contributed by atoms with Crippen molar-refractivity contribution in [3.8, 4) is 0 Å². The van der Waals surface area contributed by atoms with Crippen LogP contribution in [0, 0.1) is 5.92 Å². The molecule has 0 aromatic rings. The van der Waals surface area contributed by atoms with Gasteiger partial charge in [0.25, 0.3) is 0 Å². The van der Waals surface area contributed by atoms with Gasteiger partial charge in [-0.15, -0.1) is 0 Å². The van der Waals surface area contributed by atoms with Crippen molar-refractivity contribution in [3.63, 3.8) is 0 Å². The predicted molar refractivity (Wildman–Crippen MR) is 65.2 cm³/mol. The molecule has 0 spiro atoms. The number of nitrogens with one attached hydrogen (secondary N) is 1. The van der Waals surface area contributed by atoms with Crippen molar-refractivity contribution in [3.05, 3.63) is 0 Å². The summed E-state index contributed by atoms with van der Waals surface area (Å²) >= 11 is 0. The lowest BCUT2D eigenvalue weighted by atomic mass is 9.87. The van der Waals surface area contributed by atoms with Crippen LogP contribution in [-0.4, -0.2) is 36.0 Å². The lowest BCUT2D eigenvalue weighted by molar-refractivity contribution is -0.142. The Labute approximate surface area is 98.6 Å². The van der Waals surface area contributed by atoms with Crippen molar-refractivity contribution >= 4 is 5.91 Å². The molecule has 1 N–H and O–H groups in total. The van der Waals surface area contributed by atoms with Crippen molar-refractivity contribution in [1.82, 2.24) is 10.2 Å². The van der Waals surface area contributed by atoms with E-state index < -0.39 is 0 Å². The maximum atomic E-state index is 12.5. The molecule has 1 heterocycles. The average Bonchev–Trinajstić information content (AvgIpc) is 2.30. The van der Waals surface area contributed by atoms with Gasteiger partial charge >= 0.3 is 0 Å². The van der Waals surface area contributed by atoms with E-state index in [-0.39, 0.29) is 0 Å². The highest BCUT2D eigenvalue weighted by Crippen LogP contribution is 2.27. The summed E-state index contributed by atoms with van der Waals surface area (Å²) < 4.78 is 0. The first-order chi connectivity index (χ1) is 7.70. The molecular formula is C13H24N2O. The molecule has 0 aromatic heterocycles. The maximum absolute atomic E-state index is 12.5. The van der Waals surface area contributed by atoms with Gasteiger partial charge in [0.2, 0.25) is 5.91 Å². The molecule has 2 aliphatic rings. The lowest BCUT2D eigenvalue weighted by Gasteiger charge is -2.41. The van der Waals surface area contributed by atoms with Gasteiger partial charge in [-0.05, 0) is 26.7 Å². The van der Waals surface area contributed by atoms with Crippen LogP contribution in [0.3, 0.4) is 0 Å². The zero-order valence-electron chi connectivity index (χ0n) is 10.5. The fourth-order valence-corrected chi connectivity index (χ4v) is 3.13. The van der Waals surface area contributed by atoms with Crippen LogP contribution in [0.1, 0.15) is 46.0 Å². The van der Waals surface area contributed by atoms with Gasteiger partial charge in [-0.25, -0.2) is 0 Å². The van der Waals surface area contributed by atoms with Gasteiger partial charge in [-0.1, -0.05) is 19.3 Å². The van der Waals surface area contributed by atoms with E-state index in [9.17, 15) is 4.79 Å². The van der Waals surface area contributed by atoms with Crippen LogP contribution in [-0.2, 0) is 4.79 Å². The molecule has 1 saturated heterocycles. The van der Waals surface area contributed by atoms with E-state index in [1.165, 1.54) is 19.3 Å². The molecule has 0 bridgehead atoms. The number of amides is 1. The second kappa shape index (κ2) is 5.17. The van der Waals surface area contributed by atoms with E-state index in [1.807, 2.05) is 0 Å². The Hall–Kier alpha value is -0.570. The normalized spacial score (nSPS) is 32.8. The Balaban J connectivity index is 2.00. The van der Waals surface area contributed by atoms with Crippen LogP contribution in [0.25, 0.3) is 0 Å². The molecule has 3 heteroatoms. The summed E-state index contributed by atoms with van der Waals surface area (Å²) in [5.74, 6) is 0.734. The van der Waals surface area contributed by atoms with Crippen LogP contribution >= 0.6 is 0 Å². The fourth-order valence-electron chi connectivity index (χ4n) is 3.13. The van der Waals surface area contributed by atoms with Crippen molar-refractivity contribution in [1.29, 1.82) is 0 Å². The third kappa shape index (κ3) is 2.40. The Morgan fingerprint density at radius 3 is 2.19 bits per heavy atom. The Kier molecular flexibility index (Phi) is 3.85. The van der Waals surface area contributed by atoms with Crippen LogP contribution in [0.4, 0.5) is 0 Å². The van der Waals surface area contributed by atoms with Crippen molar-refractivity contribution in [2.75, 3.05) is 13.1 Å². The maximum Gasteiger partial charge on any atom is 0.226 e.